The average Bonchev–Trinajstić information content (AvgIpc) is 3.00. The highest BCUT2D eigenvalue weighted by molar-refractivity contribution is 6.26. The Hall–Kier alpha value is -4.15. The topological polar surface area (TPSA) is 89.9 Å². The van der Waals surface area contributed by atoms with Crippen LogP contribution in [0, 0.1) is 23.3 Å². The molecule has 11 heteroatoms. The fraction of sp³-hybridized carbons (Fsp3) is 0.240. The zero-order valence-corrected chi connectivity index (χ0v) is 19.1. The van der Waals surface area contributed by atoms with E-state index in [1.165, 1.54) is 24.1 Å². The first-order valence-electron chi connectivity index (χ1n) is 10.9. The third-order valence-electron chi connectivity index (χ3n) is 6.35. The highest BCUT2D eigenvalue weighted by Crippen LogP contribution is 2.36. The quantitative estimate of drug-likeness (QED) is 0.215. The van der Waals surface area contributed by atoms with Gasteiger partial charge in [-0.05, 0) is 24.5 Å². The molecule has 1 fully saturated rings. The highest BCUT2D eigenvalue weighted by atomic mass is 19.1. The lowest BCUT2D eigenvalue weighted by Crippen LogP contribution is -2.53. The summed E-state index contributed by atoms with van der Waals surface area (Å²) in [6.45, 7) is 2.72. The standard InChI is InChI=1S/C25H21F4N3O4/c1-12(24(35)30-10-16-18(28)8-14(26)9-19(16)29)22(33)23(34)21-25(36)32-11-15(31(21)2)7-6-13-4-3-5-17(27)20(13)32/h3-5,8-9,15,34H,1,6-7,10-11H2,2H3,(H,30,35)/b23-21+/t15-/m0/s1. The number of nitrogens with zero attached hydrogens (tertiary/aromatic N) is 2. The van der Waals surface area contributed by atoms with Gasteiger partial charge in [0.2, 0.25) is 5.78 Å². The molecule has 0 aliphatic carbocycles. The van der Waals surface area contributed by atoms with Crippen LogP contribution in [-0.4, -0.2) is 47.2 Å². The van der Waals surface area contributed by atoms with Crippen LogP contribution < -0.4 is 10.2 Å². The summed E-state index contributed by atoms with van der Waals surface area (Å²) in [5.74, 6) is -8.63. The Balaban J connectivity index is 1.58. The van der Waals surface area contributed by atoms with Crippen LogP contribution in [0.25, 0.3) is 0 Å². The largest absolute Gasteiger partial charge is 0.503 e. The first kappa shape index (κ1) is 25.0. The van der Waals surface area contributed by atoms with Gasteiger partial charge in [0.25, 0.3) is 11.8 Å². The van der Waals surface area contributed by atoms with Crippen molar-refractivity contribution in [1.82, 2.24) is 10.2 Å². The maximum absolute atomic E-state index is 14.6. The molecule has 2 aromatic rings. The number of hydrogen-bond acceptors (Lipinski definition) is 5. The molecule has 4 rings (SSSR count). The number of halogens is 4. The second kappa shape index (κ2) is 9.48. The third-order valence-corrected chi connectivity index (χ3v) is 6.35. The molecule has 2 aromatic carbocycles. The van der Waals surface area contributed by atoms with Crippen molar-refractivity contribution in [2.75, 3.05) is 18.5 Å². The van der Waals surface area contributed by atoms with Gasteiger partial charge in [-0.3, -0.25) is 14.4 Å². The first-order chi connectivity index (χ1) is 17.0. The number of carbonyl (C=O) groups is 3. The smallest absolute Gasteiger partial charge is 0.278 e. The molecule has 36 heavy (non-hydrogen) atoms. The zero-order chi connectivity index (χ0) is 26.3. The van der Waals surface area contributed by atoms with Crippen molar-refractivity contribution < 1.29 is 37.1 Å². The minimum absolute atomic E-state index is 0.0655. The average molecular weight is 503 g/mol. The van der Waals surface area contributed by atoms with Crippen LogP contribution in [0.4, 0.5) is 23.2 Å². The molecule has 1 atom stereocenters. The molecule has 2 aliphatic rings. The lowest BCUT2D eigenvalue weighted by atomic mass is 10.0. The number of amides is 2. The van der Waals surface area contributed by atoms with E-state index in [0.29, 0.717) is 30.5 Å². The molecule has 2 amide bonds. The maximum Gasteiger partial charge on any atom is 0.278 e. The molecule has 2 heterocycles. The summed E-state index contributed by atoms with van der Waals surface area (Å²) in [7, 11) is 1.49. The molecule has 7 nitrogen and oxygen atoms in total. The second-order valence-electron chi connectivity index (χ2n) is 8.50. The van der Waals surface area contributed by atoms with Crippen LogP contribution in [0.15, 0.2) is 53.9 Å². The number of benzene rings is 2. The molecule has 2 N–H and O–H groups in total. The number of aryl methyl sites for hydroxylation is 1. The number of nitrogens with one attached hydrogen (secondary N) is 1. The molecule has 0 unspecified atom stereocenters. The Kier molecular flexibility index (Phi) is 6.57. The van der Waals surface area contributed by atoms with Crippen molar-refractivity contribution >= 4 is 23.3 Å². The Morgan fingerprint density at radius 3 is 2.47 bits per heavy atom. The number of fused-ring (bicyclic) bond motifs is 4. The number of piperazine rings is 1. The molecular weight excluding hydrogens is 482 g/mol. The Morgan fingerprint density at radius 2 is 1.81 bits per heavy atom. The number of allylic oxidation sites excluding steroid dienone is 1. The van der Waals surface area contributed by atoms with E-state index in [2.05, 4.69) is 11.9 Å². The SMILES string of the molecule is C=C(C(=O)NCc1c(F)cc(F)cc1F)C(=O)/C(O)=C1/C(=O)N2C[C@H](CCc3cccc(F)c32)N1C. The Labute approximate surface area is 203 Å². The number of anilines is 1. The Bertz CT molecular complexity index is 1320. The summed E-state index contributed by atoms with van der Waals surface area (Å²) < 4.78 is 55.3. The van der Waals surface area contributed by atoms with Gasteiger partial charge >= 0.3 is 0 Å². The van der Waals surface area contributed by atoms with Gasteiger partial charge in [0.15, 0.2) is 5.76 Å². The highest BCUT2D eigenvalue weighted by Gasteiger charge is 2.42. The predicted molar refractivity (Wildman–Crippen MR) is 121 cm³/mol. The monoisotopic (exact) mass is 503 g/mol. The van der Waals surface area contributed by atoms with Crippen molar-refractivity contribution in [2.45, 2.75) is 25.4 Å². The van der Waals surface area contributed by atoms with Crippen molar-refractivity contribution in [2.24, 2.45) is 0 Å². The minimum atomic E-state index is -1.30. The van der Waals surface area contributed by atoms with Crippen LogP contribution in [0.2, 0.25) is 0 Å². The number of Topliss-reactive ketones (excluding diaryl/α,β-unsaturated/α-hetero) is 1. The van der Waals surface area contributed by atoms with E-state index in [9.17, 15) is 37.1 Å². The summed E-state index contributed by atoms with van der Waals surface area (Å²) in [4.78, 5) is 41.1. The number of carbonyl (C=O) groups excluding carboxylic acids is 3. The van der Waals surface area contributed by atoms with Gasteiger partial charge in [-0.25, -0.2) is 17.6 Å². The maximum atomic E-state index is 14.6. The molecule has 188 valence electrons. The van der Waals surface area contributed by atoms with Gasteiger partial charge in [0.05, 0.1) is 11.3 Å². The summed E-state index contributed by atoms with van der Waals surface area (Å²) in [6.07, 6.45) is 0.956. The van der Waals surface area contributed by atoms with E-state index in [4.69, 9.17) is 0 Å². The van der Waals surface area contributed by atoms with E-state index >= 15 is 0 Å². The lowest BCUT2D eigenvalue weighted by molar-refractivity contribution is -0.124. The number of para-hydroxylation sites is 1. The predicted octanol–water partition coefficient (Wildman–Crippen LogP) is 3.05. The van der Waals surface area contributed by atoms with Gasteiger partial charge in [-0.2, -0.15) is 0 Å². The van der Waals surface area contributed by atoms with E-state index in [1.54, 1.807) is 6.07 Å². The summed E-state index contributed by atoms with van der Waals surface area (Å²) in [6, 6.07) is 4.94. The summed E-state index contributed by atoms with van der Waals surface area (Å²) in [5, 5.41) is 12.8. The van der Waals surface area contributed by atoms with Gasteiger partial charge in [0.1, 0.15) is 29.0 Å². The van der Waals surface area contributed by atoms with E-state index in [1.807, 2.05) is 0 Å². The van der Waals surface area contributed by atoms with E-state index < -0.39 is 70.0 Å². The number of hydrogen-bond donors (Lipinski definition) is 2. The van der Waals surface area contributed by atoms with Gasteiger partial charge in [-0.1, -0.05) is 18.7 Å². The van der Waals surface area contributed by atoms with Crippen molar-refractivity contribution in [3.05, 3.63) is 88.3 Å². The molecule has 0 radical (unpaired) electrons. The second-order valence-corrected chi connectivity index (χ2v) is 8.50. The normalized spacial score (nSPS) is 18.4. The number of ketones is 1. The zero-order valence-electron chi connectivity index (χ0n) is 19.1. The Morgan fingerprint density at radius 1 is 1.14 bits per heavy atom. The summed E-state index contributed by atoms with van der Waals surface area (Å²) >= 11 is 0. The third kappa shape index (κ3) is 4.32. The lowest BCUT2D eigenvalue weighted by Gasteiger charge is -2.40. The number of aliphatic hydroxyl groups is 1. The fourth-order valence-electron chi connectivity index (χ4n) is 4.38. The van der Waals surface area contributed by atoms with Gasteiger partial charge in [0, 0.05) is 43.9 Å². The van der Waals surface area contributed by atoms with Gasteiger partial charge in [-0.15, -0.1) is 0 Å². The molecule has 2 aliphatic heterocycles. The molecule has 0 saturated carbocycles. The van der Waals surface area contributed by atoms with Crippen LogP contribution in [0.1, 0.15) is 17.5 Å². The molecule has 2 bridgehead atoms. The van der Waals surface area contributed by atoms with Crippen molar-refractivity contribution in [1.29, 1.82) is 0 Å². The molecule has 0 aromatic heterocycles. The fourth-order valence-corrected chi connectivity index (χ4v) is 4.38. The minimum Gasteiger partial charge on any atom is -0.503 e. The van der Waals surface area contributed by atoms with Crippen LogP contribution in [0.3, 0.4) is 0 Å². The molecule has 1 saturated heterocycles. The van der Waals surface area contributed by atoms with Crippen molar-refractivity contribution in [3.8, 4) is 0 Å². The van der Waals surface area contributed by atoms with E-state index in [-0.39, 0.29) is 18.3 Å². The molecular formula is C25H21F4N3O4. The van der Waals surface area contributed by atoms with Crippen LogP contribution in [-0.2, 0) is 27.3 Å². The van der Waals surface area contributed by atoms with E-state index in [0.717, 1.165) is 4.90 Å². The number of likely N-dealkylation sites (N-methyl/N-ethyl adjacent to an activating group) is 1. The van der Waals surface area contributed by atoms with Gasteiger partial charge < -0.3 is 20.2 Å². The molecule has 0 spiro atoms. The van der Waals surface area contributed by atoms with Crippen molar-refractivity contribution in [3.63, 3.8) is 0 Å². The van der Waals surface area contributed by atoms with Crippen LogP contribution in [0.5, 0.6) is 0 Å². The summed E-state index contributed by atoms with van der Waals surface area (Å²) in [5.41, 5.74) is -1.21. The number of aliphatic hydroxyl groups excluding tert-OH is 1. The van der Waals surface area contributed by atoms with Crippen LogP contribution >= 0.6 is 0 Å². The number of rotatable bonds is 5. The first-order valence-corrected chi connectivity index (χ1v) is 10.9.